The third-order valence-electron chi connectivity index (χ3n) is 4.68. The summed E-state index contributed by atoms with van der Waals surface area (Å²) in [5.74, 6) is -0.137. The second-order valence-corrected chi connectivity index (χ2v) is 6.87. The molecule has 2 N–H and O–H groups in total. The number of halogens is 1. The number of rotatable bonds is 6. The summed E-state index contributed by atoms with van der Waals surface area (Å²) in [6.07, 6.45) is 0.494. The monoisotopic (exact) mass is 390 g/mol. The van der Waals surface area contributed by atoms with Gasteiger partial charge in [0.05, 0.1) is 11.8 Å². The van der Waals surface area contributed by atoms with Crippen LogP contribution >= 0.6 is 0 Å². The van der Waals surface area contributed by atoms with Crippen molar-refractivity contribution in [3.8, 4) is 11.5 Å². The molecule has 29 heavy (non-hydrogen) atoms. The van der Waals surface area contributed by atoms with E-state index in [1.807, 2.05) is 30.3 Å². The summed E-state index contributed by atoms with van der Waals surface area (Å²) in [7, 11) is 0. The Labute approximate surface area is 167 Å². The van der Waals surface area contributed by atoms with Gasteiger partial charge in [0.25, 0.3) is 0 Å². The Morgan fingerprint density at radius 1 is 0.724 bits per heavy atom. The first-order valence-corrected chi connectivity index (χ1v) is 9.29. The van der Waals surface area contributed by atoms with Crippen LogP contribution in [0.3, 0.4) is 0 Å². The number of hydrogen-bond donors (Lipinski definition) is 2. The highest BCUT2D eigenvalue weighted by molar-refractivity contribution is 6.03. The lowest BCUT2D eigenvalue weighted by molar-refractivity contribution is -0.122. The number of nitrogens with one attached hydrogen (secondary N) is 2. The van der Waals surface area contributed by atoms with E-state index in [1.54, 1.807) is 24.3 Å². The predicted molar refractivity (Wildman–Crippen MR) is 108 cm³/mol. The number of anilines is 2. The van der Waals surface area contributed by atoms with E-state index in [9.17, 15) is 14.0 Å². The van der Waals surface area contributed by atoms with Gasteiger partial charge in [-0.25, -0.2) is 4.39 Å². The van der Waals surface area contributed by atoms with E-state index in [-0.39, 0.29) is 29.5 Å². The van der Waals surface area contributed by atoms with Crippen molar-refractivity contribution in [1.29, 1.82) is 0 Å². The number of carbonyl (C=O) groups is 2. The van der Waals surface area contributed by atoms with Crippen molar-refractivity contribution >= 4 is 23.2 Å². The molecule has 5 nitrogen and oxygen atoms in total. The second-order valence-electron chi connectivity index (χ2n) is 6.87. The molecule has 0 aliphatic heterocycles. The molecule has 1 saturated carbocycles. The predicted octanol–water partition coefficient (Wildman–Crippen LogP) is 4.83. The average molecular weight is 390 g/mol. The third-order valence-corrected chi connectivity index (χ3v) is 4.68. The highest BCUT2D eigenvalue weighted by Crippen LogP contribution is 2.40. The fraction of sp³-hybridized carbons (Fsp3) is 0.130. The first-order valence-electron chi connectivity index (χ1n) is 9.29. The Morgan fingerprint density at radius 2 is 1.21 bits per heavy atom. The van der Waals surface area contributed by atoms with Crippen LogP contribution in [-0.4, -0.2) is 11.8 Å². The quantitative estimate of drug-likeness (QED) is 0.633. The summed E-state index contributed by atoms with van der Waals surface area (Å²) in [5, 5.41) is 5.54. The molecule has 1 aliphatic rings. The first-order chi connectivity index (χ1) is 14.1. The Bertz CT molecular complexity index is 1000. The maximum atomic E-state index is 12.9. The summed E-state index contributed by atoms with van der Waals surface area (Å²) in [4.78, 5) is 24.6. The van der Waals surface area contributed by atoms with E-state index < -0.39 is 0 Å². The molecular formula is C23H19FN2O3. The molecule has 2 amide bonds. The van der Waals surface area contributed by atoms with Crippen molar-refractivity contribution in [1.82, 2.24) is 0 Å². The number of benzene rings is 3. The van der Waals surface area contributed by atoms with Gasteiger partial charge in [0.15, 0.2) is 0 Å². The first kappa shape index (κ1) is 18.7. The van der Waals surface area contributed by atoms with Crippen molar-refractivity contribution in [3.63, 3.8) is 0 Å². The van der Waals surface area contributed by atoms with E-state index >= 15 is 0 Å². The van der Waals surface area contributed by atoms with Crippen LogP contribution in [0.15, 0.2) is 78.9 Å². The molecule has 1 fully saturated rings. The van der Waals surface area contributed by atoms with Crippen LogP contribution in [0, 0.1) is 17.7 Å². The molecule has 0 spiro atoms. The van der Waals surface area contributed by atoms with Gasteiger partial charge in [0.1, 0.15) is 17.3 Å². The molecular weight excluding hydrogens is 371 g/mol. The lowest BCUT2D eigenvalue weighted by atomic mass is 10.2. The van der Waals surface area contributed by atoms with Crippen LogP contribution in [0.2, 0.25) is 0 Å². The van der Waals surface area contributed by atoms with Crippen molar-refractivity contribution in [2.45, 2.75) is 6.42 Å². The van der Waals surface area contributed by atoms with Crippen LogP contribution in [-0.2, 0) is 9.59 Å². The molecule has 3 aromatic rings. The van der Waals surface area contributed by atoms with Gasteiger partial charge in [-0.3, -0.25) is 9.59 Å². The Kier molecular flexibility index (Phi) is 5.24. The van der Waals surface area contributed by atoms with E-state index in [0.29, 0.717) is 23.5 Å². The van der Waals surface area contributed by atoms with Crippen LogP contribution < -0.4 is 15.4 Å². The maximum absolute atomic E-state index is 12.9. The van der Waals surface area contributed by atoms with E-state index in [4.69, 9.17) is 4.74 Å². The van der Waals surface area contributed by atoms with Gasteiger partial charge in [-0.1, -0.05) is 18.2 Å². The molecule has 0 radical (unpaired) electrons. The minimum atomic E-state index is -0.374. The van der Waals surface area contributed by atoms with E-state index in [0.717, 1.165) is 5.75 Å². The zero-order valence-corrected chi connectivity index (χ0v) is 15.5. The van der Waals surface area contributed by atoms with Gasteiger partial charge in [0, 0.05) is 11.4 Å². The van der Waals surface area contributed by atoms with Crippen LogP contribution in [0.5, 0.6) is 11.5 Å². The van der Waals surface area contributed by atoms with Crippen molar-refractivity contribution in [2.75, 3.05) is 10.6 Å². The summed E-state index contributed by atoms with van der Waals surface area (Å²) in [6, 6.07) is 22.0. The van der Waals surface area contributed by atoms with Gasteiger partial charge >= 0.3 is 0 Å². The molecule has 4 rings (SSSR count). The molecule has 3 aromatic carbocycles. The molecule has 0 heterocycles. The zero-order valence-electron chi connectivity index (χ0n) is 15.5. The topological polar surface area (TPSA) is 67.4 Å². The smallest absolute Gasteiger partial charge is 0.228 e. The summed E-state index contributed by atoms with van der Waals surface area (Å²) in [6.45, 7) is 0. The molecule has 146 valence electrons. The average Bonchev–Trinajstić information content (AvgIpc) is 3.53. The van der Waals surface area contributed by atoms with Crippen molar-refractivity contribution in [2.24, 2.45) is 11.8 Å². The lowest BCUT2D eigenvalue weighted by Gasteiger charge is -2.08. The molecule has 2 unspecified atom stereocenters. The largest absolute Gasteiger partial charge is 0.457 e. The van der Waals surface area contributed by atoms with Crippen molar-refractivity contribution in [3.05, 3.63) is 84.7 Å². The molecule has 0 aromatic heterocycles. The SMILES string of the molecule is O=C(Nc1ccc(F)cc1)C1CC1C(=O)Nc1ccc(Oc2ccccc2)cc1. The highest BCUT2D eigenvalue weighted by atomic mass is 19.1. The number of amides is 2. The Balaban J connectivity index is 1.28. The number of para-hydroxylation sites is 1. The summed E-state index contributed by atoms with van der Waals surface area (Å²) >= 11 is 0. The van der Waals surface area contributed by atoms with Gasteiger partial charge in [-0.2, -0.15) is 0 Å². The van der Waals surface area contributed by atoms with Crippen molar-refractivity contribution < 1.29 is 18.7 Å². The van der Waals surface area contributed by atoms with Gasteiger partial charge in [0.2, 0.25) is 11.8 Å². The maximum Gasteiger partial charge on any atom is 0.228 e. The number of hydrogen-bond acceptors (Lipinski definition) is 3. The van der Waals surface area contributed by atoms with E-state index in [2.05, 4.69) is 10.6 Å². The van der Waals surface area contributed by atoms with Crippen LogP contribution in [0.1, 0.15) is 6.42 Å². The molecule has 6 heteroatoms. The Morgan fingerprint density at radius 3 is 1.76 bits per heavy atom. The lowest BCUT2D eigenvalue weighted by Crippen LogP contribution is -2.20. The normalized spacial score (nSPS) is 17.3. The standard InChI is InChI=1S/C23H19FN2O3/c24-15-6-8-16(9-7-15)25-22(27)20-14-21(20)23(28)26-17-10-12-19(13-11-17)29-18-4-2-1-3-5-18/h1-13,20-21H,14H2,(H,25,27)(H,26,28). The van der Waals surface area contributed by atoms with Crippen LogP contribution in [0.4, 0.5) is 15.8 Å². The zero-order chi connectivity index (χ0) is 20.2. The molecule has 0 bridgehead atoms. The summed E-state index contributed by atoms with van der Waals surface area (Å²) in [5.41, 5.74) is 1.15. The van der Waals surface area contributed by atoms with Gasteiger partial charge in [-0.05, 0) is 67.1 Å². The highest BCUT2D eigenvalue weighted by Gasteiger charge is 2.48. The minimum absolute atomic E-state index is 0.194. The number of carbonyl (C=O) groups excluding carboxylic acids is 2. The van der Waals surface area contributed by atoms with Crippen LogP contribution in [0.25, 0.3) is 0 Å². The number of ether oxygens (including phenoxy) is 1. The Hall–Kier alpha value is -3.67. The fourth-order valence-corrected chi connectivity index (χ4v) is 3.01. The molecule has 2 atom stereocenters. The van der Waals surface area contributed by atoms with E-state index in [1.165, 1.54) is 24.3 Å². The van der Waals surface area contributed by atoms with Gasteiger partial charge < -0.3 is 15.4 Å². The minimum Gasteiger partial charge on any atom is -0.457 e. The molecule has 1 aliphatic carbocycles. The fourth-order valence-electron chi connectivity index (χ4n) is 3.01. The van der Waals surface area contributed by atoms with Gasteiger partial charge in [-0.15, -0.1) is 0 Å². The molecule has 0 saturated heterocycles. The summed E-state index contributed by atoms with van der Waals surface area (Å²) < 4.78 is 18.7. The third kappa shape index (κ3) is 4.79. The second kappa shape index (κ2) is 8.14.